The maximum Gasteiger partial charge on any atom is 0.227 e. The van der Waals surface area contributed by atoms with E-state index in [9.17, 15) is 0 Å². The highest BCUT2D eigenvalue weighted by molar-refractivity contribution is 6.32. The van der Waals surface area contributed by atoms with Crippen molar-refractivity contribution in [1.82, 2.24) is 29.6 Å². The number of anilines is 2. The molecule has 3 aliphatic rings. The van der Waals surface area contributed by atoms with Crippen molar-refractivity contribution >= 4 is 28.9 Å². The highest BCUT2D eigenvalue weighted by Gasteiger charge is 2.59. The van der Waals surface area contributed by atoms with Gasteiger partial charge in [0.2, 0.25) is 5.95 Å². The molecule has 0 bridgehead atoms. The van der Waals surface area contributed by atoms with Crippen molar-refractivity contribution in [2.75, 3.05) is 38.6 Å². The predicted octanol–water partition coefficient (Wildman–Crippen LogP) is 5.89. The molecule has 3 aliphatic heterocycles. The fraction of sp³-hybridized carbons (Fsp3) is 0.433. The second-order valence-corrected chi connectivity index (χ2v) is 10.9. The fourth-order valence-electron chi connectivity index (χ4n) is 6.01. The van der Waals surface area contributed by atoms with Gasteiger partial charge in [0.15, 0.2) is 5.54 Å². The highest BCUT2D eigenvalue weighted by Crippen LogP contribution is 2.48. The smallest absolute Gasteiger partial charge is 0.227 e. The average molecular weight is 545 g/mol. The Morgan fingerprint density at radius 3 is 2.62 bits per heavy atom. The summed E-state index contributed by atoms with van der Waals surface area (Å²) in [7, 11) is 1.70. The molecule has 3 aromatic heterocycles. The number of hydrogen-bond donors (Lipinski definition) is 1. The summed E-state index contributed by atoms with van der Waals surface area (Å²) in [6.07, 6.45) is 14.5. The summed E-state index contributed by atoms with van der Waals surface area (Å²) in [6.45, 7) is 4.62. The molecular weight excluding hydrogens is 510 g/mol. The molecule has 8 nitrogen and oxygen atoms in total. The molecule has 0 aliphatic carbocycles. The summed E-state index contributed by atoms with van der Waals surface area (Å²) in [4.78, 5) is 16.1. The van der Waals surface area contributed by atoms with E-state index >= 15 is 0 Å². The van der Waals surface area contributed by atoms with Gasteiger partial charge in [-0.1, -0.05) is 36.6 Å². The van der Waals surface area contributed by atoms with E-state index in [0.717, 1.165) is 35.9 Å². The van der Waals surface area contributed by atoms with Crippen LogP contribution in [0.5, 0.6) is 5.75 Å². The van der Waals surface area contributed by atoms with Gasteiger partial charge in [-0.2, -0.15) is 4.90 Å². The summed E-state index contributed by atoms with van der Waals surface area (Å²) in [5.41, 5.74) is 4.60. The molecule has 0 amide bonds. The molecule has 3 saturated heterocycles. The van der Waals surface area contributed by atoms with Gasteiger partial charge in [0.05, 0.1) is 42.3 Å². The molecule has 9 heteroatoms. The first-order valence-electron chi connectivity index (χ1n) is 14.0. The normalized spacial score (nSPS) is 20.9. The summed E-state index contributed by atoms with van der Waals surface area (Å²) in [5, 5.41) is 8.05. The van der Waals surface area contributed by atoms with Gasteiger partial charge in [0, 0.05) is 37.7 Å². The highest BCUT2D eigenvalue weighted by atomic mass is 35.5. The minimum Gasteiger partial charge on any atom is -0.495 e. The van der Waals surface area contributed by atoms with E-state index in [1.54, 1.807) is 19.5 Å². The van der Waals surface area contributed by atoms with E-state index in [2.05, 4.69) is 43.7 Å². The number of hydrogen-bond acceptors (Lipinski definition) is 6. The maximum absolute atomic E-state index is 6.46. The second-order valence-electron chi connectivity index (χ2n) is 10.5. The van der Waals surface area contributed by atoms with Crippen molar-refractivity contribution in [2.45, 2.75) is 50.5 Å². The third kappa shape index (κ3) is 5.21. The lowest BCUT2D eigenvalue weighted by Crippen LogP contribution is -2.57. The number of nitrogens with zero attached hydrogens (tertiary/aromatic N) is 6. The van der Waals surface area contributed by atoms with Gasteiger partial charge >= 0.3 is 0 Å². The van der Waals surface area contributed by atoms with Crippen molar-refractivity contribution in [3.8, 4) is 17.1 Å². The quantitative estimate of drug-likeness (QED) is 0.316. The number of aromatic nitrogens is 4. The Labute approximate surface area is 234 Å². The molecule has 1 unspecified atom stereocenters. The minimum absolute atomic E-state index is 0.193. The average Bonchev–Trinajstić information content (AvgIpc) is 3.35. The zero-order valence-corrected chi connectivity index (χ0v) is 23.2. The van der Waals surface area contributed by atoms with Gasteiger partial charge in [-0.25, -0.2) is 20.3 Å². The molecule has 1 aromatic carbocycles. The fourth-order valence-corrected chi connectivity index (χ4v) is 6.20. The van der Waals surface area contributed by atoms with E-state index in [0.29, 0.717) is 16.7 Å². The summed E-state index contributed by atoms with van der Waals surface area (Å²) < 4.78 is 7.69. The third-order valence-electron chi connectivity index (χ3n) is 8.19. The van der Waals surface area contributed by atoms with E-state index in [1.165, 1.54) is 63.6 Å². The number of nitrogens with one attached hydrogen (secondary N) is 1. The van der Waals surface area contributed by atoms with Gasteiger partial charge in [-0.05, 0) is 37.1 Å². The van der Waals surface area contributed by atoms with Crippen LogP contribution in [0.1, 0.15) is 50.5 Å². The first-order valence-corrected chi connectivity index (χ1v) is 14.3. The van der Waals surface area contributed by atoms with Crippen LogP contribution >= 0.6 is 11.6 Å². The molecule has 2 radical (unpaired) electrons. The van der Waals surface area contributed by atoms with E-state index in [4.69, 9.17) is 21.3 Å². The van der Waals surface area contributed by atoms with Crippen molar-refractivity contribution < 1.29 is 4.74 Å². The standard InChI is InChI=1S/C24H23ClN6O.C6H12N/c1-32-20-13-16(24-8-4-10-30(24)12-9-24)6-7-18(20)28-23-27-14-17(25)22(29-23)19-15-26-21-5-2-3-11-31(19)21;1-2-4-6-7-5-3-1/h2-3,5-7,11,13-15H,4,8-10,12H2,1H3,(H,27,28,29);1-6H2/q+1;. The molecule has 1 N–H and O–H groups in total. The first kappa shape index (κ1) is 26.0. The van der Waals surface area contributed by atoms with Crippen LogP contribution in [0, 0.1) is 0 Å². The molecule has 0 spiro atoms. The molecule has 202 valence electrons. The zero-order valence-electron chi connectivity index (χ0n) is 22.4. The summed E-state index contributed by atoms with van der Waals surface area (Å²) in [6, 6.07) is 12.3. The number of methoxy groups -OCH3 is 1. The number of rotatable bonds is 5. The number of ether oxygens (including phenoxy) is 1. The molecule has 3 fully saturated rings. The first-order chi connectivity index (χ1) is 19.2. The predicted molar refractivity (Wildman–Crippen MR) is 155 cm³/mol. The van der Waals surface area contributed by atoms with E-state index in [1.807, 2.05) is 28.8 Å². The van der Waals surface area contributed by atoms with Gasteiger partial charge in [0.25, 0.3) is 0 Å². The Bertz CT molecular complexity index is 1420. The lowest BCUT2D eigenvalue weighted by molar-refractivity contribution is 0.121. The van der Waals surface area contributed by atoms with Crippen molar-refractivity contribution in [1.29, 1.82) is 0 Å². The Balaban J connectivity index is 0.000000346. The summed E-state index contributed by atoms with van der Waals surface area (Å²) in [5.74, 6) is 1.23. The lowest BCUT2D eigenvalue weighted by atomic mass is 9.78. The van der Waals surface area contributed by atoms with E-state index < -0.39 is 0 Å². The van der Waals surface area contributed by atoms with E-state index in [-0.39, 0.29) is 5.54 Å². The maximum atomic E-state index is 6.46. The molecule has 7 rings (SSSR count). The topological polar surface area (TPSA) is 84.3 Å². The monoisotopic (exact) mass is 544 g/mol. The number of pyridine rings is 1. The van der Waals surface area contributed by atoms with Crippen LogP contribution in [0.3, 0.4) is 0 Å². The summed E-state index contributed by atoms with van der Waals surface area (Å²) >= 11 is 6.46. The van der Waals surface area contributed by atoms with Crippen LogP contribution in [-0.2, 0) is 5.54 Å². The van der Waals surface area contributed by atoms with Gasteiger partial charge in [-0.3, -0.25) is 4.40 Å². The molecule has 1 atom stereocenters. The van der Waals surface area contributed by atoms with Gasteiger partial charge in [0.1, 0.15) is 30.2 Å². The minimum atomic E-state index is 0.193. The molecule has 39 heavy (non-hydrogen) atoms. The Morgan fingerprint density at radius 2 is 1.85 bits per heavy atom. The Hall–Kier alpha value is -3.20. The molecule has 4 aromatic rings. The van der Waals surface area contributed by atoms with Crippen LogP contribution in [-0.4, -0.2) is 52.6 Å². The molecule has 0 saturated carbocycles. The van der Waals surface area contributed by atoms with Crippen LogP contribution in [0.15, 0.2) is 55.0 Å². The van der Waals surface area contributed by atoms with Crippen LogP contribution < -0.4 is 20.3 Å². The van der Waals surface area contributed by atoms with Gasteiger partial charge in [-0.15, -0.1) is 0 Å². The van der Waals surface area contributed by atoms with Crippen LogP contribution in [0.2, 0.25) is 5.02 Å². The number of benzene rings is 1. The second kappa shape index (κ2) is 11.5. The number of imidazole rings is 1. The number of halogens is 1. The number of fused-ring (bicyclic) bond motifs is 2. The van der Waals surface area contributed by atoms with Crippen molar-refractivity contribution in [3.05, 3.63) is 65.6 Å². The SMILES string of the molecule is C1CCC[N]CC1.COc1cc(C23CCC[N+]2CC3)ccc1Nc1ncc(Cl)c(-c2cnc3ccccn23)n1. The Kier molecular flexibility index (Phi) is 7.68. The van der Waals surface area contributed by atoms with Crippen molar-refractivity contribution in [2.24, 2.45) is 0 Å². The van der Waals surface area contributed by atoms with Crippen LogP contribution in [0.25, 0.3) is 17.0 Å². The lowest BCUT2D eigenvalue weighted by Gasteiger charge is -2.38. The third-order valence-corrected chi connectivity index (χ3v) is 8.47. The van der Waals surface area contributed by atoms with Gasteiger partial charge < -0.3 is 10.1 Å². The van der Waals surface area contributed by atoms with Crippen LogP contribution in [0.4, 0.5) is 11.6 Å². The van der Waals surface area contributed by atoms with Crippen molar-refractivity contribution in [3.63, 3.8) is 0 Å². The Morgan fingerprint density at radius 1 is 0.974 bits per heavy atom. The molecular formula is C30H35ClN7O+. The zero-order chi connectivity index (χ0) is 26.7. The molecule has 6 heterocycles. The largest absolute Gasteiger partial charge is 0.495 e.